The van der Waals surface area contributed by atoms with Crippen molar-refractivity contribution in [2.75, 3.05) is 0 Å². The van der Waals surface area contributed by atoms with Crippen molar-refractivity contribution in [3.8, 4) is 0 Å². The Kier molecular flexibility index (Phi) is 1.25. The molecular formula is C5H4O3S. The number of aliphatic hydroxyl groups excluding tert-OH is 2. The summed E-state index contributed by atoms with van der Waals surface area (Å²) in [6, 6.07) is 0. The maximum Gasteiger partial charge on any atom is 0.237 e. The molecule has 0 heterocycles. The van der Waals surface area contributed by atoms with Gasteiger partial charge in [0.15, 0.2) is 0 Å². The van der Waals surface area contributed by atoms with Crippen LogP contribution in [0.15, 0.2) is 11.5 Å². The maximum absolute atomic E-state index is 10.5. The minimum atomic E-state index is -0.623. The molecule has 1 rings (SSSR count). The van der Waals surface area contributed by atoms with Crippen LogP contribution in [0.3, 0.4) is 0 Å². The van der Waals surface area contributed by atoms with Gasteiger partial charge < -0.3 is 10.2 Å². The van der Waals surface area contributed by atoms with E-state index in [4.69, 9.17) is 10.2 Å². The number of Topliss-reactive ketones (excluding diaryl/α,β-unsaturated/α-hetero) is 1. The molecule has 0 bridgehead atoms. The predicted octanol–water partition coefficient (Wildman–Crippen LogP) is 0.657. The summed E-state index contributed by atoms with van der Waals surface area (Å²) in [5.74, 6) is -1.53. The molecule has 3 nitrogen and oxygen atoms in total. The summed E-state index contributed by atoms with van der Waals surface area (Å²) in [6.07, 6.45) is 0.0139. The van der Waals surface area contributed by atoms with E-state index >= 15 is 0 Å². The van der Waals surface area contributed by atoms with Crippen LogP contribution in [-0.2, 0) is 4.79 Å². The number of carbonyl (C=O) groups excluding carboxylic acids is 1. The van der Waals surface area contributed by atoms with E-state index in [0.29, 0.717) is 0 Å². The Morgan fingerprint density at radius 3 is 2.11 bits per heavy atom. The molecule has 0 unspecified atom stereocenters. The summed E-state index contributed by atoms with van der Waals surface area (Å²) < 4.78 is 0. The highest BCUT2D eigenvalue weighted by atomic mass is 32.1. The maximum atomic E-state index is 10.5. The average molecular weight is 144 g/mol. The van der Waals surface area contributed by atoms with Crippen molar-refractivity contribution < 1.29 is 15.0 Å². The molecule has 0 saturated heterocycles. The summed E-state index contributed by atoms with van der Waals surface area (Å²) in [5.41, 5.74) is 0. The van der Waals surface area contributed by atoms with Gasteiger partial charge in [0.25, 0.3) is 0 Å². The van der Waals surface area contributed by atoms with Gasteiger partial charge in [-0.25, -0.2) is 0 Å². The van der Waals surface area contributed by atoms with E-state index in [0.717, 1.165) is 0 Å². The van der Waals surface area contributed by atoms with E-state index in [9.17, 15) is 4.79 Å². The number of allylic oxidation sites excluding steroid dienone is 2. The number of ketones is 1. The fourth-order valence-corrected chi connectivity index (χ4v) is 0.813. The second-order valence-corrected chi connectivity index (χ2v) is 2.22. The van der Waals surface area contributed by atoms with E-state index in [1.54, 1.807) is 0 Å². The lowest BCUT2D eigenvalue weighted by Crippen LogP contribution is -2.04. The Bertz CT molecular complexity index is 213. The minimum absolute atomic E-state index is 0.0139. The fourth-order valence-electron chi connectivity index (χ4n) is 0.579. The van der Waals surface area contributed by atoms with Crippen LogP contribution >= 0.6 is 12.2 Å². The van der Waals surface area contributed by atoms with Gasteiger partial charge >= 0.3 is 0 Å². The van der Waals surface area contributed by atoms with Gasteiger partial charge in [-0.05, 0) is 0 Å². The molecule has 1 aliphatic carbocycles. The van der Waals surface area contributed by atoms with Gasteiger partial charge in [0.2, 0.25) is 11.5 Å². The highest BCUT2D eigenvalue weighted by molar-refractivity contribution is 7.82. The van der Waals surface area contributed by atoms with Gasteiger partial charge in [-0.2, -0.15) is 0 Å². The first-order valence-electron chi connectivity index (χ1n) is 2.31. The summed E-state index contributed by atoms with van der Waals surface area (Å²) in [4.78, 5) is 10.6. The topological polar surface area (TPSA) is 57.5 Å². The first-order valence-corrected chi connectivity index (χ1v) is 2.72. The zero-order chi connectivity index (χ0) is 7.02. The van der Waals surface area contributed by atoms with Crippen molar-refractivity contribution in [1.29, 1.82) is 0 Å². The van der Waals surface area contributed by atoms with Crippen LogP contribution in [0.1, 0.15) is 6.42 Å². The molecule has 1 aliphatic rings. The molecule has 0 aromatic rings. The third-order valence-electron chi connectivity index (χ3n) is 1.07. The predicted molar refractivity (Wildman–Crippen MR) is 34.5 cm³/mol. The second kappa shape index (κ2) is 1.80. The lowest BCUT2D eigenvalue weighted by Gasteiger charge is -1.84. The molecule has 0 aromatic heterocycles. The molecule has 0 aliphatic heterocycles. The van der Waals surface area contributed by atoms with Gasteiger partial charge in [0.05, 0.1) is 4.86 Å². The first kappa shape index (κ1) is 6.22. The molecule has 0 spiro atoms. The highest BCUT2D eigenvalue weighted by Gasteiger charge is 2.27. The van der Waals surface area contributed by atoms with Crippen LogP contribution in [-0.4, -0.2) is 20.9 Å². The van der Waals surface area contributed by atoms with Gasteiger partial charge in [0, 0.05) is 6.42 Å². The number of aliphatic hydroxyl groups is 2. The van der Waals surface area contributed by atoms with Crippen LogP contribution in [0.4, 0.5) is 0 Å². The Morgan fingerprint density at radius 2 is 2.00 bits per heavy atom. The summed E-state index contributed by atoms with van der Waals surface area (Å²) in [6.45, 7) is 0. The number of hydrogen-bond donors (Lipinski definition) is 2. The smallest absolute Gasteiger partial charge is 0.237 e. The number of rotatable bonds is 0. The quantitative estimate of drug-likeness (QED) is 0.490. The van der Waals surface area contributed by atoms with E-state index in [-0.39, 0.29) is 17.0 Å². The van der Waals surface area contributed by atoms with Crippen LogP contribution in [0.25, 0.3) is 0 Å². The molecular weight excluding hydrogens is 140 g/mol. The highest BCUT2D eigenvalue weighted by Crippen LogP contribution is 2.15. The molecule has 0 fully saturated rings. The van der Waals surface area contributed by atoms with E-state index in [1.807, 2.05) is 0 Å². The molecule has 2 N–H and O–H groups in total. The van der Waals surface area contributed by atoms with Crippen LogP contribution in [0.5, 0.6) is 0 Å². The lowest BCUT2D eigenvalue weighted by molar-refractivity contribution is -0.111. The van der Waals surface area contributed by atoms with Crippen molar-refractivity contribution in [3.05, 3.63) is 11.5 Å². The van der Waals surface area contributed by atoms with Gasteiger partial charge in [-0.15, -0.1) is 0 Å². The molecule has 0 radical (unpaired) electrons. The Labute approximate surface area is 56.6 Å². The lowest BCUT2D eigenvalue weighted by atomic mass is 10.3. The molecule has 4 heteroatoms. The number of hydrogen-bond acceptors (Lipinski definition) is 4. The number of thiocarbonyl (C=S) groups is 1. The minimum Gasteiger partial charge on any atom is -0.508 e. The van der Waals surface area contributed by atoms with Gasteiger partial charge in [-0.1, -0.05) is 12.2 Å². The van der Waals surface area contributed by atoms with Crippen molar-refractivity contribution in [2.45, 2.75) is 6.42 Å². The number of carbonyl (C=O) groups is 1. The molecule has 0 atom stereocenters. The largest absolute Gasteiger partial charge is 0.508 e. The standard InChI is InChI=1S/C5H4O3S/c6-2-1-3(9)5(8)4(2)7/h6-7H,1H2. The SMILES string of the molecule is O=C1C(=S)CC(O)=C1O. The summed E-state index contributed by atoms with van der Waals surface area (Å²) in [7, 11) is 0. The van der Waals surface area contributed by atoms with Crippen molar-refractivity contribution in [1.82, 2.24) is 0 Å². The molecule has 9 heavy (non-hydrogen) atoms. The molecule has 0 saturated carbocycles. The molecule has 0 aromatic carbocycles. The summed E-state index contributed by atoms with van der Waals surface area (Å²) in [5, 5.41) is 17.3. The van der Waals surface area contributed by atoms with E-state index < -0.39 is 11.5 Å². The summed E-state index contributed by atoms with van der Waals surface area (Å²) >= 11 is 4.48. The normalized spacial score (nSPS) is 19.6. The van der Waals surface area contributed by atoms with E-state index in [2.05, 4.69) is 12.2 Å². The zero-order valence-corrected chi connectivity index (χ0v) is 5.23. The third kappa shape index (κ3) is 0.810. The van der Waals surface area contributed by atoms with Gasteiger partial charge in [-0.3, -0.25) is 4.79 Å². The monoisotopic (exact) mass is 144 g/mol. The van der Waals surface area contributed by atoms with Gasteiger partial charge in [0.1, 0.15) is 5.76 Å². The van der Waals surface area contributed by atoms with Crippen molar-refractivity contribution >= 4 is 22.9 Å². The van der Waals surface area contributed by atoms with Crippen molar-refractivity contribution in [2.24, 2.45) is 0 Å². The average Bonchev–Trinajstić information content (AvgIpc) is 1.98. The van der Waals surface area contributed by atoms with Crippen LogP contribution in [0.2, 0.25) is 0 Å². The van der Waals surface area contributed by atoms with Crippen LogP contribution < -0.4 is 0 Å². The fraction of sp³-hybridized carbons (Fsp3) is 0.200. The Balaban J connectivity index is 3.01. The second-order valence-electron chi connectivity index (χ2n) is 1.72. The molecule has 48 valence electrons. The zero-order valence-electron chi connectivity index (χ0n) is 4.42. The third-order valence-corrected chi connectivity index (χ3v) is 1.40. The van der Waals surface area contributed by atoms with Crippen LogP contribution in [0, 0.1) is 0 Å². The Morgan fingerprint density at radius 1 is 1.44 bits per heavy atom. The van der Waals surface area contributed by atoms with E-state index in [1.165, 1.54) is 0 Å². The Hall–Kier alpha value is -0.900. The van der Waals surface area contributed by atoms with Crippen molar-refractivity contribution in [3.63, 3.8) is 0 Å². The first-order chi connectivity index (χ1) is 4.13. The molecule has 0 amide bonds.